The quantitative estimate of drug-likeness (QED) is 0.541. The molecule has 2 aliphatic carbocycles. The van der Waals surface area contributed by atoms with Gasteiger partial charge in [0.05, 0.1) is 0 Å². The van der Waals surface area contributed by atoms with E-state index in [1.54, 1.807) is 0 Å². The number of fused-ring (bicyclic) bond motifs is 1. The van der Waals surface area contributed by atoms with Crippen LogP contribution in [0.1, 0.15) is 45.4 Å². The molecule has 3 atom stereocenters. The molecule has 2 rings (SSSR count). The summed E-state index contributed by atoms with van der Waals surface area (Å²) < 4.78 is 0. The minimum atomic E-state index is 0.379. The number of rotatable bonds is 0. The second-order valence-electron chi connectivity index (χ2n) is 4.50. The molecule has 3 unspecified atom stereocenters. The lowest BCUT2D eigenvalue weighted by Gasteiger charge is -2.38. The van der Waals surface area contributed by atoms with Crippen molar-refractivity contribution < 1.29 is 4.79 Å². The molecule has 0 aliphatic heterocycles. The zero-order valence-corrected chi connectivity index (χ0v) is 7.88. The molecule has 2 fully saturated rings. The molecule has 0 N–H and O–H groups in total. The molecule has 0 spiro atoms. The van der Waals surface area contributed by atoms with Crippen LogP contribution in [0, 0.1) is 17.8 Å². The van der Waals surface area contributed by atoms with E-state index in [0.717, 1.165) is 18.3 Å². The summed E-state index contributed by atoms with van der Waals surface area (Å²) in [5, 5.41) is 0. The van der Waals surface area contributed by atoms with Crippen LogP contribution < -0.4 is 0 Å². The molecule has 0 saturated heterocycles. The van der Waals surface area contributed by atoms with E-state index < -0.39 is 0 Å². The number of hydrogen-bond acceptors (Lipinski definition) is 1. The van der Waals surface area contributed by atoms with Gasteiger partial charge in [-0.1, -0.05) is 26.2 Å². The maximum atomic E-state index is 11.4. The van der Waals surface area contributed by atoms with Gasteiger partial charge in [-0.2, -0.15) is 0 Å². The molecule has 0 aromatic carbocycles. The van der Waals surface area contributed by atoms with Crippen LogP contribution in [-0.4, -0.2) is 5.78 Å². The molecule has 0 aromatic rings. The molecule has 0 aromatic heterocycles. The third-order valence-corrected chi connectivity index (χ3v) is 3.88. The molecule has 0 amide bonds. The SMILES string of the molecule is CC1C(=O)CCC2CCCCC21. The smallest absolute Gasteiger partial charge is 0.135 e. The Hall–Kier alpha value is -0.330. The highest BCUT2D eigenvalue weighted by Gasteiger charge is 2.36. The molecule has 12 heavy (non-hydrogen) atoms. The Bertz CT molecular complexity index is 185. The van der Waals surface area contributed by atoms with E-state index in [1.807, 2.05) is 0 Å². The Kier molecular flexibility index (Phi) is 2.20. The second kappa shape index (κ2) is 3.20. The fraction of sp³-hybridized carbons (Fsp3) is 0.909. The first-order chi connectivity index (χ1) is 5.79. The van der Waals surface area contributed by atoms with Crippen LogP contribution in [-0.2, 0) is 4.79 Å². The summed E-state index contributed by atoms with van der Waals surface area (Å²) in [5.41, 5.74) is 0. The lowest BCUT2D eigenvalue weighted by atomic mass is 9.66. The van der Waals surface area contributed by atoms with E-state index in [-0.39, 0.29) is 0 Å². The number of Topliss-reactive ketones (excluding diaryl/α,β-unsaturated/α-hetero) is 1. The molecule has 0 radical (unpaired) electrons. The zero-order valence-electron chi connectivity index (χ0n) is 7.88. The van der Waals surface area contributed by atoms with Crippen molar-refractivity contribution >= 4 is 5.78 Å². The highest BCUT2D eigenvalue weighted by molar-refractivity contribution is 5.81. The van der Waals surface area contributed by atoms with Gasteiger partial charge in [0, 0.05) is 12.3 Å². The second-order valence-corrected chi connectivity index (χ2v) is 4.50. The van der Waals surface area contributed by atoms with E-state index in [4.69, 9.17) is 0 Å². The van der Waals surface area contributed by atoms with Crippen LogP contribution in [0.5, 0.6) is 0 Å². The molecule has 2 saturated carbocycles. The van der Waals surface area contributed by atoms with Crippen molar-refractivity contribution in [1.29, 1.82) is 0 Å². The number of carbonyl (C=O) groups is 1. The van der Waals surface area contributed by atoms with E-state index in [1.165, 1.54) is 32.1 Å². The van der Waals surface area contributed by atoms with Crippen LogP contribution in [0.3, 0.4) is 0 Å². The molecule has 68 valence electrons. The first-order valence-electron chi connectivity index (χ1n) is 5.32. The Morgan fingerprint density at radius 1 is 1.17 bits per heavy atom. The Morgan fingerprint density at radius 3 is 2.75 bits per heavy atom. The summed E-state index contributed by atoms with van der Waals surface area (Å²) in [6.07, 6.45) is 7.52. The van der Waals surface area contributed by atoms with Gasteiger partial charge in [0.2, 0.25) is 0 Å². The fourth-order valence-corrected chi connectivity index (χ4v) is 3.05. The molecular weight excluding hydrogens is 148 g/mol. The van der Waals surface area contributed by atoms with Gasteiger partial charge >= 0.3 is 0 Å². The summed E-state index contributed by atoms with van der Waals surface area (Å²) >= 11 is 0. The van der Waals surface area contributed by atoms with Gasteiger partial charge in [0.25, 0.3) is 0 Å². The van der Waals surface area contributed by atoms with Gasteiger partial charge < -0.3 is 0 Å². The van der Waals surface area contributed by atoms with E-state index in [0.29, 0.717) is 11.7 Å². The maximum Gasteiger partial charge on any atom is 0.135 e. The third kappa shape index (κ3) is 1.30. The van der Waals surface area contributed by atoms with Crippen LogP contribution in [0.15, 0.2) is 0 Å². The lowest BCUT2D eigenvalue weighted by Crippen LogP contribution is -2.35. The largest absolute Gasteiger partial charge is 0.299 e. The van der Waals surface area contributed by atoms with Gasteiger partial charge in [0.1, 0.15) is 5.78 Å². The van der Waals surface area contributed by atoms with E-state index in [2.05, 4.69) is 6.92 Å². The fourth-order valence-electron chi connectivity index (χ4n) is 3.05. The monoisotopic (exact) mass is 166 g/mol. The maximum absolute atomic E-state index is 11.4. The van der Waals surface area contributed by atoms with Gasteiger partial charge in [-0.05, 0) is 24.7 Å². The Labute approximate surface area is 74.5 Å². The Balaban J connectivity index is 2.08. The lowest BCUT2D eigenvalue weighted by molar-refractivity contribution is -0.128. The standard InChI is InChI=1S/C11H18O/c1-8-10-5-3-2-4-9(10)6-7-11(8)12/h8-10H,2-7H2,1H3. The summed E-state index contributed by atoms with van der Waals surface area (Å²) in [6, 6.07) is 0. The summed E-state index contributed by atoms with van der Waals surface area (Å²) in [5.74, 6) is 2.55. The van der Waals surface area contributed by atoms with E-state index in [9.17, 15) is 4.79 Å². The zero-order chi connectivity index (χ0) is 8.55. The van der Waals surface area contributed by atoms with E-state index >= 15 is 0 Å². The van der Waals surface area contributed by atoms with Crippen molar-refractivity contribution in [1.82, 2.24) is 0 Å². The van der Waals surface area contributed by atoms with Crippen LogP contribution in [0.4, 0.5) is 0 Å². The molecule has 0 heterocycles. The van der Waals surface area contributed by atoms with Gasteiger partial charge in [-0.3, -0.25) is 4.79 Å². The predicted octanol–water partition coefficient (Wildman–Crippen LogP) is 2.79. The summed E-state index contributed by atoms with van der Waals surface area (Å²) in [7, 11) is 0. The molecule has 2 aliphatic rings. The van der Waals surface area contributed by atoms with Crippen LogP contribution in [0.25, 0.3) is 0 Å². The molecule has 1 heteroatoms. The van der Waals surface area contributed by atoms with Crippen LogP contribution in [0.2, 0.25) is 0 Å². The first-order valence-corrected chi connectivity index (χ1v) is 5.32. The van der Waals surface area contributed by atoms with Gasteiger partial charge in [0.15, 0.2) is 0 Å². The van der Waals surface area contributed by atoms with Crippen molar-refractivity contribution in [3.8, 4) is 0 Å². The summed E-state index contributed by atoms with van der Waals surface area (Å²) in [6.45, 7) is 2.14. The van der Waals surface area contributed by atoms with Crippen molar-refractivity contribution in [3.05, 3.63) is 0 Å². The highest BCUT2D eigenvalue weighted by atomic mass is 16.1. The van der Waals surface area contributed by atoms with Crippen molar-refractivity contribution in [2.75, 3.05) is 0 Å². The average molecular weight is 166 g/mol. The highest BCUT2D eigenvalue weighted by Crippen LogP contribution is 2.41. The minimum Gasteiger partial charge on any atom is -0.299 e. The van der Waals surface area contributed by atoms with Crippen molar-refractivity contribution in [3.63, 3.8) is 0 Å². The van der Waals surface area contributed by atoms with Crippen LogP contribution >= 0.6 is 0 Å². The summed E-state index contributed by atoms with van der Waals surface area (Å²) in [4.78, 5) is 11.4. The molecular formula is C11H18O. The normalized spacial score (nSPS) is 42.4. The predicted molar refractivity (Wildman–Crippen MR) is 48.9 cm³/mol. The number of ketones is 1. The topological polar surface area (TPSA) is 17.1 Å². The first kappa shape index (κ1) is 8.28. The van der Waals surface area contributed by atoms with Gasteiger partial charge in [-0.15, -0.1) is 0 Å². The van der Waals surface area contributed by atoms with Gasteiger partial charge in [-0.25, -0.2) is 0 Å². The van der Waals surface area contributed by atoms with Crippen molar-refractivity contribution in [2.45, 2.75) is 45.4 Å². The molecule has 1 nitrogen and oxygen atoms in total. The average Bonchev–Trinajstić information content (AvgIpc) is 2.12. The third-order valence-electron chi connectivity index (χ3n) is 3.88. The minimum absolute atomic E-state index is 0.379. The van der Waals surface area contributed by atoms with Crippen molar-refractivity contribution in [2.24, 2.45) is 17.8 Å². The number of carbonyl (C=O) groups excluding carboxylic acids is 1. The number of hydrogen-bond donors (Lipinski definition) is 0. The Morgan fingerprint density at radius 2 is 1.92 bits per heavy atom. The molecule has 0 bridgehead atoms.